The fourth-order valence-electron chi connectivity index (χ4n) is 3.95. The summed E-state index contributed by atoms with van der Waals surface area (Å²) in [4.78, 5) is 14.8. The number of benzene rings is 1. The number of nitrogens with zero attached hydrogens (tertiary/aromatic N) is 2. The molecule has 0 N–H and O–H groups in total. The van der Waals surface area contributed by atoms with Gasteiger partial charge in [0.05, 0.1) is 43.4 Å². The average molecular weight is 328 g/mol. The lowest BCUT2D eigenvalue weighted by Crippen LogP contribution is -2.54. The van der Waals surface area contributed by atoms with Gasteiger partial charge in [0.1, 0.15) is 0 Å². The first-order valence-corrected chi connectivity index (χ1v) is 8.62. The van der Waals surface area contributed by atoms with Crippen LogP contribution < -0.4 is 0 Å². The largest absolute Gasteiger partial charge is 0.381 e. The van der Waals surface area contributed by atoms with E-state index in [0.29, 0.717) is 37.7 Å². The van der Waals surface area contributed by atoms with E-state index in [0.717, 1.165) is 24.8 Å². The van der Waals surface area contributed by atoms with Crippen LogP contribution in [0.5, 0.6) is 0 Å². The van der Waals surface area contributed by atoms with Gasteiger partial charge in [0.15, 0.2) is 0 Å². The molecule has 1 aromatic carbocycles. The van der Waals surface area contributed by atoms with Crippen LogP contribution in [0.15, 0.2) is 24.3 Å². The second-order valence-electron chi connectivity index (χ2n) is 6.58. The van der Waals surface area contributed by atoms with Gasteiger partial charge in [-0.3, -0.25) is 4.79 Å². The predicted molar refractivity (Wildman–Crippen MR) is 89.3 cm³/mol. The molecule has 0 spiro atoms. The van der Waals surface area contributed by atoms with Crippen molar-refractivity contribution >= 4 is 5.91 Å². The zero-order valence-electron chi connectivity index (χ0n) is 14.1. The topological polar surface area (TPSA) is 62.6 Å². The van der Waals surface area contributed by atoms with Crippen LogP contribution in [0.1, 0.15) is 30.4 Å². The zero-order valence-corrected chi connectivity index (χ0v) is 14.1. The van der Waals surface area contributed by atoms with E-state index in [-0.39, 0.29) is 18.1 Å². The average Bonchev–Trinajstić information content (AvgIpc) is 3.11. The van der Waals surface area contributed by atoms with Crippen molar-refractivity contribution in [2.75, 3.05) is 26.9 Å². The van der Waals surface area contributed by atoms with Crippen LogP contribution >= 0.6 is 0 Å². The highest BCUT2D eigenvalue weighted by atomic mass is 16.5. The Kier molecular flexibility index (Phi) is 5.49. The van der Waals surface area contributed by atoms with E-state index in [1.165, 1.54) is 0 Å². The number of carbonyl (C=O) groups excluding carboxylic acids is 1. The number of hydrogen-bond donors (Lipinski definition) is 0. The monoisotopic (exact) mass is 328 g/mol. The minimum absolute atomic E-state index is 0.108. The third kappa shape index (κ3) is 3.61. The summed E-state index contributed by atoms with van der Waals surface area (Å²) in [5.74, 6) is 0.495. The molecule has 3 rings (SSSR count). The van der Waals surface area contributed by atoms with Crippen molar-refractivity contribution in [3.63, 3.8) is 0 Å². The molecule has 1 saturated heterocycles. The third-order valence-corrected chi connectivity index (χ3v) is 5.22. The number of nitriles is 1. The number of methoxy groups -OCH3 is 1. The molecule has 1 saturated carbocycles. The predicted octanol–water partition coefficient (Wildman–Crippen LogP) is 2.14. The lowest BCUT2D eigenvalue weighted by Gasteiger charge is -2.40. The number of carbonyl (C=O) groups is 1. The minimum Gasteiger partial charge on any atom is -0.381 e. The molecule has 1 aromatic rings. The van der Waals surface area contributed by atoms with Crippen molar-refractivity contribution in [1.29, 1.82) is 5.26 Å². The number of ether oxygens (including phenoxy) is 2. The van der Waals surface area contributed by atoms with E-state index >= 15 is 0 Å². The van der Waals surface area contributed by atoms with E-state index in [9.17, 15) is 4.79 Å². The maximum atomic E-state index is 12.8. The zero-order chi connectivity index (χ0) is 16.9. The molecular formula is C19H24N2O3. The Morgan fingerprint density at radius 3 is 2.88 bits per heavy atom. The van der Waals surface area contributed by atoms with Gasteiger partial charge in [-0.1, -0.05) is 18.6 Å². The second kappa shape index (κ2) is 7.78. The van der Waals surface area contributed by atoms with E-state index in [1.54, 1.807) is 19.2 Å². The second-order valence-corrected chi connectivity index (χ2v) is 6.58. The van der Waals surface area contributed by atoms with Crippen LogP contribution in [0.25, 0.3) is 0 Å². The Labute approximate surface area is 143 Å². The summed E-state index contributed by atoms with van der Waals surface area (Å²) in [6.07, 6.45) is 3.90. The van der Waals surface area contributed by atoms with Crippen LogP contribution in [-0.2, 0) is 20.7 Å². The summed E-state index contributed by atoms with van der Waals surface area (Å²) in [6, 6.07) is 9.45. The molecule has 0 bridgehead atoms. The van der Waals surface area contributed by atoms with Crippen molar-refractivity contribution in [2.45, 2.75) is 37.8 Å². The fourth-order valence-corrected chi connectivity index (χ4v) is 3.95. The summed E-state index contributed by atoms with van der Waals surface area (Å²) in [5, 5.41) is 8.87. The van der Waals surface area contributed by atoms with Crippen molar-refractivity contribution in [2.24, 2.45) is 5.92 Å². The first-order chi connectivity index (χ1) is 11.7. The number of rotatable bonds is 4. The Morgan fingerprint density at radius 1 is 1.38 bits per heavy atom. The quantitative estimate of drug-likeness (QED) is 0.849. The highest BCUT2D eigenvalue weighted by molar-refractivity contribution is 5.79. The molecule has 0 unspecified atom stereocenters. The maximum Gasteiger partial charge on any atom is 0.227 e. The molecule has 0 radical (unpaired) electrons. The first kappa shape index (κ1) is 16.9. The summed E-state index contributed by atoms with van der Waals surface area (Å²) < 4.78 is 11.3. The summed E-state index contributed by atoms with van der Waals surface area (Å²) in [5.41, 5.74) is 1.56. The lowest BCUT2D eigenvalue weighted by molar-refractivity contribution is -0.143. The lowest BCUT2D eigenvalue weighted by atomic mass is 9.93. The van der Waals surface area contributed by atoms with Crippen molar-refractivity contribution in [3.05, 3.63) is 35.4 Å². The molecule has 128 valence electrons. The molecule has 5 heteroatoms. The van der Waals surface area contributed by atoms with Gasteiger partial charge in [0.2, 0.25) is 5.91 Å². The van der Waals surface area contributed by atoms with Gasteiger partial charge >= 0.3 is 0 Å². The summed E-state index contributed by atoms with van der Waals surface area (Å²) >= 11 is 0. The molecular weight excluding hydrogens is 304 g/mol. The van der Waals surface area contributed by atoms with Crippen LogP contribution in [0, 0.1) is 17.2 Å². The molecule has 24 heavy (non-hydrogen) atoms. The highest BCUT2D eigenvalue weighted by Gasteiger charge is 2.40. The van der Waals surface area contributed by atoms with Gasteiger partial charge in [0.25, 0.3) is 0 Å². The Balaban J connectivity index is 1.70. The molecule has 2 fully saturated rings. The summed E-state index contributed by atoms with van der Waals surface area (Å²) in [7, 11) is 1.76. The van der Waals surface area contributed by atoms with Crippen molar-refractivity contribution < 1.29 is 14.3 Å². The molecule has 1 amide bonds. The van der Waals surface area contributed by atoms with Crippen LogP contribution in [0.2, 0.25) is 0 Å². The van der Waals surface area contributed by atoms with E-state index < -0.39 is 0 Å². The van der Waals surface area contributed by atoms with Gasteiger partial charge < -0.3 is 14.4 Å². The molecule has 3 atom stereocenters. The van der Waals surface area contributed by atoms with Crippen LogP contribution in [0.4, 0.5) is 0 Å². The van der Waals surface area contributed by atoms with E-state index in [1.807, 2.05) is 17.0 Å². The van der Waals surface area contributed by atoms with Gasteiger partial charge in [-0.2, -0.15) is 5.26 Å². The molecule has 1 aliphatic carbocycles. The summed E-state index contributed by atoms with van der Waals surface area (Å²) in [6.45, 7) is 1.84. The normalized spacial score (nSPS) is 27.0. The molecule has 1 heterocycles. The molecule has 0 aromatic heterocycles. The molecule has 1 aliphatic heterocycles. The highest BCUT2D eigenvalue weighted by Crippen LogP contribution is 2.34. The van der Waals surface area contributed by atoms with E-state index in [2.05, 4.69) is 6.07 Å². The Morgan fingerprint density at radius 2 is 2.17 bits per heavy atom. The number of amides is 1. The van der Waals surface area contributed by atoms with Gasteiger partial charge in [-0.05, 0) is 30.5 Å². The third-order valence-electron chi connectivity index (χ3n) is 5.22. The van der Waals surface area contributed by atoms with E-state index in [4.69, 9.17) is 14.7 Å². The van der Waals surface area contributed by atoms with Crippen molar-refractivity contribution in [3.8, 4) is 6.07 Å². The van der Waals surface area contributed by atoms with Crippen molar-refractivity contribution in [1.82, 2.24) is 4.90 Å². The smallest absolute Gasteiger partial charge is 0.227 e. The first-order valence-electron chi connectivity index (χ1n) is 8.62. The molecule has 5 nitrogen and oxygen atoms in total. The number of morpholine rings is 1. The Bertz CT molecular complexity index is 608. The fraction of sp³-hybridized carbons (Fsp3) is 0.579. The number of hydrogen-bond acceptors (Lipinski definition) is 4. The SMILES string of the molecule is CO[C@@H]1CCC[C@@H]1[C@@H]1COCCN1C(=O)Cc1ccc(C#N)cc1. The molecule has 2 aliphatic rings. The Hall–Kier alpha value is -1.90. The van der Waals surface area contributed by atoms with Crippen LogP contribution in [0.3, 0.4) is 0 Å². The maximum absolute atomic E-state index is 12.8. The van der Waals surface area contributed by atoms with Gasteiger partial charge in [0, 0.05) is 19.6 Å². The van der Waals surface area contributed by atoms with Crippen LogP contribution in [-0.4, -0.2) is 49.8 Å². The minimum atomic E-state index is 0.108. The standard InChI is InChI=1S/C19H24N2O3/c1-23-18-4-2-3-16(18)17-13-24-10-9-21(17)19(22)11-14-5-7-15(12-20)8-6-14/h5-8,16-18H,2-4,9-11,13H2,1H3/t16-,17+,18-/m1/s1. The van der Waals surface area contributed by atoms with Gasteiger partial charge in [-0.25, -0.2) is 0 Å². The van der Waals surface area contributed by atoms with Gasteiger partial charge in [-0.15, -0.1) is 0 Å².